The smallest absolute Gasteiger partial charge is 0.235 e. The van der Waals surface area contributed by atoms with Crippen LogP contribution in [-0.4, -0.2) is 55.7 Å². The maximum absolute atomic E-state index is 12.3. The molecule has 1 aromatic heterocycles. The molecular formula is C24H27N7O3S. The maximum Gasteiger partial charge on any atom is 0.235 e. The molecule has 1 fully saturated rings. The number of benzene rings is 1. The van der Waals surface area contributed by atoms with Crippen molar-refractivity contribution in [1.29, 1.82) is 10.5 Å². The molecule has 11 heteroatoms. The molecule has 1 aliphatic heterocycles. The van der Waals surface area contributed by atoms with E-state index < -0.39 is 11.2 Å². The molecule has 0 radical (unpaired) electrons. The van der Waals surface area contributed by atoms with E-state index in [-0.39, 0.29) is 30.7 Å². The molecule has 182 valence electrons. The van der Waals surface area contributed by atoms with Crippen LogP contribution in [0.4, 0.5) is 5.82 Å². The third-order valence-corrected chi connectivity index (χ3v) is 6.83. The van der Waals surface area contributed by atoms with E-state index in [9.17, 15) is 20.1 Å². The highest BCUT2D eigenvalue weighted by Crippen LogP contribution is 2.39. The van der Waals surface area contributed by atoms with E-state index in [4.69, 9.17) is 21.2 Å². The van der Waals surface area contributed by atoms with Crippen molar-refractivity contribution in [1.82, 2.24) is 10.3 Å². The molecule has 0 saturated carbocycles. The summed E-state index contributed by atoms with van der Waals surface area (Å²) in [7, 11) is 0. The van der Waals surface area contributed by atoms with Crippen LogP contribution in [0, 0.1) is 22.7 Å². The summed E-state index contributed by atoms with van der Waals surface area (Å²) in [4.78, 5) is 30.5. The largest absolute Gasteiger partial charge is 0.373 e. The number of amides is 2. The van der Waals surface area contributed by atoms with Crippen molar-refractivity contribution in [2.45, 2.75) is 29.7 Å². The number of nitrogens with two attached hydrogens (primary N) is 2. The van der Waals surface area contributed by atoms with Gasteiger partial charge >= 0.3 is 0 Å². The van der Waals surface area contributed by atoms with Gasteiger partial charge in [-0.25, -0.2) is 4.98 Å². The number of primary amides is 1. The third-order valence-electron chi connectivity index (χ3n) is 5.57. The van der Waals surface area contributed by atoms with Crippen LogP contribution in [-0.2, 0) is 20.7 Å². The second kappa shape index (κ2) is 12.2. The lowest BCUT2D eigenvalue weighted by Gasteiger charge is -2.35. The summed E-state index contributed by atoms with van der Waals surface area (Å²) in [5, 5.41) is 22.2. The zero-order valence-corrected chi connectivity index (χ0v) is 20.2. The number of rotatable bonds is 9. The van der Waals surface area contributed by atoms with Gasteiger partial charge in [-0.05, 0) is 17.5 Å². The van der Waals surface area contributed by atoms with E-state index in [0.29, 0.717) is 53.7 Å². The average Bonchev–Trinajstić information content (AvgIpc) is 2.89. The minimum Gasteiger partial charge on any atom is -0.373 e. The van der Waals surface area contributed by atoms with Crippen LogP contribution in [0.3, 0.4) is 0 Å². The number of aromatic nitrogens is 1. The number of carbonyl (C=O) groups excluding carboxylic acids is 2. The predicted octanol–water partition coefficient (Wildman–Crippen LogP) is 0.986. The van der Waals surface area contributed by atoms with Crippen LogP contribution in [0.1, 0.15) is 34.4 Å². The number of thioether (sulfide) groups is 1. The number of hydrogen-bond acceptors (Lipinski definition) is 9. The highest BCUT2D eigenvalue weighted by Gasteiger charge is 2.29. The molecule has 35 heavy (non-hydrogen) atoms. The van der Waals surface area contributed by atoms with Crippen LogP contribution in [0.5, 0.6) is 0 Å². The standard InChI is InChI=1S/C24H27N7O3S/c1-2-17-18(10-25)23(31-8-9-34-16(14-31)13-29-20(32)12-27)30-24(19(17)11-26)35-21(22(28)33)15-6-4-3-5-7-15/h3-7,16,21H,2,8-9,12-14,27H2,1H3,(H2,28,33)(H,29,32)/t16-,21?/m0/s1. The second-order valence-corrected chi connectivity index (χ2v) is 8.90. The Balaban J connectivity index is 2.02. The summed E-state index contributed by atoms with van der Waals surface area (Å²) in [5.74, 6) is -0.427. The fraction of sp³-hybridized carbons (Fsp3) is 0.375. The quantitative estimate of drug-likeness (QED) is 0.431. The molecule has 0 spiro atoms. The van der Waals surface area contributed by atoms with Crippen LogP contribution in [0.15, 0.2) is 35.4 Å². The van der Waals surface area contributed by atoms with Gasteiger partial charge in [-0.1, -0.05) is 49.0 Å². The van der Waals surface area contributed by atoms with Crippen molar-refractivity contribution >= 4 is 29.4 Å². The summed E-state index contributed by atoms with van der Waals surface area (Å²) in [6.45, 7) is 3.24. The minimum absolute atomic E-state index is 0.116. The third kappa shape index (κ3) is 6.08. The SMILES string of the molecule is CCc1c(C#N)c(SC(C(N)=O)c2ccccc2)nc(N2CCO[C@@H](CNC(=O)CN)C2)c1C#N. The van der Waals surface area contributed by atoms with Gasteiger partial charge in [0.1, 0.15) is 28.2 Å². The summed E-state index contributed by atoms with van der Waals surface area (Å²) < 4.78 is 5.76. The topological polar surface area (TPSA) is 171 Å². The van der Waals surface area contributed by atoms with Crippen molar-refractivity contribution < 1.29 is 14.3 Å². The maximum atomic E-state index is 12.3. The van der Waals surface area contributed by atoms with Gasteiger partial charge < -0.3 is 26.4 Å². The van der Waals surface area contributed by atoms with Crippen molar-refractivity contribution in [2.24, 2.45) is 11.5 Å². The van der Waals surface area contributed by atoms with Crippen molar-refractivity contribution in [3.63, 3.8) is 0 Å². The van der Waals surface area contributed by atoms with Crippen molar-refractivity contribution in [3.8, 4) is 12.1 Å². The first-order valence-electron chi connectivity index (χ1n) is 11.1. The van der Waals surface area contributed by atoms with E-state index in [1.54, 1.807) is 12.1 Å². The Morgan fingerprint density at radius 3 is 2.60 bits per heavy atom. The number of hydrogen-bond donors (Lipinski definition) is 3. The van der Waals surface area contributed by atoms with Gasteiger partial charge in [0, 0.05) is 19.6 Å². The van der Waals surface area contributed by atoms with E-state index in [1.807, 2.05) is 30.0 Å². The molecule has 10 nitrogen and oxygen atoms in total. The molecule has 2 atom stereocenters. The van der Waals surface area contributed by atoms with Gasteiger partial charge in [-0.15, -0.1) is 0 Å². The number of ether oxygens (including phenoxy) is 1. The molecule has 5 N–H and O–H groups in total. The zero-order chi connectivity index (χ0) is 25.4. The first-order chi connectivity index (χ1) is 16.9. The van der Waals surface area contributed by atoms with Gasteiger partial charge in [0.15, 0.2) is 0 Å². The molecule has 1 saturated heterocycles. The number of anilines is 1. The van der Waals surface area contributed by atoms with Gasteiger partial charge in [0.2, 0.25) is 11.8 Å². The number of nitrogens with zero attached hydrogens (tertiary/aromatic N) is 4. The van der Waals surface area contributed by atoms with E-state index in [1.165, 1.54) is 0 Å². The van der Waals surface area contributed by atoms with Crippen LogP contribution in [0.25, 0.3) is 0 Å². The summed E-state index contributed by atoms with van der Waals surface area (Å²) in [6, 6.07) is 13.4. The summed E-state index contributed by atoms with van der Waals surface area (Å²) >= 11 is 1.10. The highest BCUT2D eigenvalue weighted by atomic mass is 32.2. The first kappa shape index (κ1) is 26.0. The van der Waals surface area contributed by atoms with Crippen molar-refractivity contribution in [3.05, 3.63) is 52.6 Å². The molecule has 2 aromatic rings. The van der Waals surface area contributed by atoms with Crippen LogP contribution in [0.2, 0.25) is 0 Å². The van der Waals surface area contributed by atoms with Gasteiger partial charge in [0.25, 0.3) is 0 Å². The molecule has 2 amide bonds. The normalized spacial score (nSPS) is 16.1. The first-order valence-corrected chi connectivity index (χ1v) is 12.0. The molecular weight excluding hydrogens is 466 g/mol. The Hall–Kier alpha value is -3.64. The fourth-order valence-corrected chi connectivity index (χ4v) is 4.92. The van der Waals surface area contributed by atoms with Crippen molar-refractivity contribution in [2.75, 3.05) is 37.7 Å². The molecule has 1 unspecified atom stereocenters. The summed E-state index contributed by atoms with van der Waals surface area (Å²) in [5.41, 5.74) is 12.9. The monoisotopic (exact) mass is 493 g/mol. The minimum atomic E-state index is -0.759. The number of pyridine rings is 1. The van der Waals surface area contributed by atoms with Crippen LogP contribution < -0.4 is 21.7 Å². The Kier molecular flexibility index (Phi) is 9.04. The number of nitriles is 2. The van der Waals surface area contributed by atoms with Gasteiger partial charge in [-0.2, -0.15) is 10.5 Å². The zero-order valence-electron chi connectivity index (χ0n) is 19.4. The summed E-state index contributed by atoms with van der Waals surface area (Å²) in [6.07, 6.45) is 0.106. The van der Waals surface area contributed by atoms with Gasteiger partial charge in [0.05, 0.1) is 30.4 Å². The molecule has 1 aliphatic rings. The average molecular weight is 494 g/mol. The molecule has 3 rings (SSSR count). The fourth-order valence-electron chi connectivity index (χ4n) is 3.86. The Morgan fingerprint density at radius 2 is 2.00 bits per heavy atom. The molecule has 0 bridgehead atoms. The molecule has 0 aliphatic carbocycles. The van der Waals surface area contributed by atoms with Gasteiger partial charge in [-0.3, -0.25) is 9.59 Å². The number of morpholine rings is 1. The number of nitrogens with one attached hydrogen (secondary N) is 1. The Morgan fingerprint density at radius 1 is 1.29 bits per heavy atom. The lowest BCUT2D eigenvalue weighted by atomic mass is 10.0. The lowest BCUT2D eigenvalue weighted by Crippen LogP contribution is -2.48. The van der Waals surface area contributed by atoms with E-state index >= 15 is 0 Å². The van der Waals surface area contributed by atoms with E-state index in [2.05, 4.69) is 17.5 Å². The predicted molar refractivity (Wildman–Crippen MR) is 131 cm³/mol. The van der Waals surface area contributed by atoms with E-state index in [0.717, 1.165) is 11.8 Å². The molecule has 1 aromatic carbocycles. The lowest BCUT2D eigenvalue weighted by molar-refractivity contribution is -0.120. The molecule has 2 heterocycles. The highest BCUT2D eigenvalue weighted by molar-refractivity contribution is 8.00. The Labute approximate surface area is 208 Å². The van der Waals surface area contributed by atoms with Crippen LogP contribution >= 0.6 is 11.8 Å². The Bertz CT molecular complexity index is 1160. The number of carbonyl (C=O) groups is 2. The second-order valence-electron chi connectivity index (χ2n) is 7.80.